The average molecular weight is 959 g/mol. The van der Waals surface area contributed by atoms with E-state index in [4.69, 9.17) is 4.74 Å². The molecule has 1 aliphatic heterocycles. The van der Waals surface area contributed by atoms with E-state index in [1.807, 2.05) is 66.2 Å². The normalized spacial score (nSPS) is 13.6. The number of alkyl halides is 3. The summed E-state index contributed by atoms with van der Waals surface area (Å²) < 4.78 is 53.2. The molecule has 1 aliphatic rings. The van der Waals surface area contributed by atoms with Crippen LogP contribution in [-0.2, 0) is 43.5 Å². The summed E-state index contributed by atoms with van der Waals surface area (Å²) in [5, 5.41) is 0.495. The van der Waals surface area contributed by atoms with Gasteiger partial charge in [-0.05, 0) is 86.3 Å². The topological polar surface area (TPSA) is 33.5 Å². The van der Waals surface area contributed by atoms with Crippen LogP contribution in [0.1, 0.15) is 84.6 Å². The van der Waals surface area contributed by atoms with Crippen LogP contribution < -0.4 is 14.5 Å². The van der Waals surface area contributed by atoms with Crippen molar-refractivity contribution >= 4 is 44.6 Å². The third kappa shape index (κ3) is 7.64. The van der Waals surface area contributed by atoms with Crippen LogP contribution in [0.2, 0.25) is 0 Å². The number of ether oxygens (including phenoxy) is 1. The first kappa shape index (κ1) is 41.1. The summed E-state index contributed by atoms with van der Waals surface area (Å²) in [7, 11) is 0. The largest absolute Gasteiger partial charge is 0.509 e. The van der Waals surface area contributed by atoms with Crippen molar-refractivity contribution in [1.29, 1.82) is 0 Å². The van der Waals surface area contributed by atoms with Crippen LogP contribution >= 0.6 is 0 Å². The minimum Gasteiger partial charge on any atom is -0.509 e. The van der Waals surface area contributed by atoms with E-state index >= 15 is 13.2 Å². The second-order valence-corrected chi connectivity index (χ2v) is 17.9. The fourth-order valence-electron chi connectivity index (χ4n) is 7.39. The van der Waals surface area contributed by atoms with Crippen LogP contribution in [-0.4, -0.2) is 9.55 Å². The molecule has 0 radical (unpaired) electrons. The number of hydrogen-bond donors (Lipinski definition) is 0. The zero-order valence-electron chi connectivity index (χ0n) is 34.1. The molecule has 8 rings (SSSR count). The Labute approximate surface area is 353 Å². The first-order chi connectivity index (χ1) is 26.8. The number of hydrogen-bond acceptors (Lipinski definition) is 4. The minimum absolute atomic E-state index is 0. The molecule has 302 valence electrons. The number of halogens is 3. The number of pyridine rings is 1. The van der Waals surface area contributed by atoms with Crippen LogP contribution in [0.15, 0.2) is 109 Å². The quantitative estimate of drug-likeness (QED) is 0.161. The predicted molar refractivity (Wildman–Crippen MR) is 225 cm³/mol. The van der Waals surface area contributed by atoms with Gasteiger partial charge >= 0.3 is 6.18 Å². The van der Waals surface area contributed by atoms with Crippen molar-refractivity contribution in [3.63, 3.8) is 0 Å². The summed E-state index contributed by atoms with van der Waals surface area (Å²) in [6.07, 6.45) is -2.98. The number of benzene rings is 5. The zero-order valence-corrected chi connectivity index (χ0v) is 36.4. The van der Waals surface area contributed by atoms with Gasteiger partial charge in [-0.1, -0.05) is 110 Å². The summed E-state index contributed by atoms with van der Waals surface area (Å²) in [5.74, 6) is 0.667. The number of para-hydroxylation sites is 3. The fraction of sp³-hybridized carbons (Fsp3) is 0.265. The second-order valence-electron chi connectivity index (χ2n) is 17.9. The van der Waals surface area contributed by atoms with Crippen molar-refractivity contribution in [2.24, 2.45) is 0 Å². The molecule has 9 heteroatoms. The SMILES string of the molecule is CC(C)(C)c1cc(N2[CH-]N(c3[c-]c(Oc4[c-]c5c(c(C(F)(F)F)c4)c4ccccc4n5-c4cc(C(C)(C)C)ccn4)ccc3)c3ccccc32)cc(C(C)(C)C)c1.[Pt]. The van der Waals surface area contributed by atoms with E-state index in [-0.39, 0.29) is 59.7 Å². The van der Waals surface area contributed by atoms with Gasteiger partial charge in [-0.15, -0.1) is 42.7 Å². The van der Waals surface area contributed by atoms with Crippen LogP contribution in [0.4, 0.5) is 35.9 Å². The maximum absolute atomic E-state index is 15.0. The Morgan fingerprint density at radius 2 is 1.24 bits per heavy atom. The van der Waals surface area contributed by atoms with Crippen molar-refractivity contribution in [3.8, 4) is 17.3 Å². The number of rotatable bonds is 5. The second kappa shape index (κ2) is 14.6. The standard InChI is InChI=1S/C49H46F3N4O.Pt/c1-46(2,3)31-21-22-53-44(26-31)56-40-18-11-10-17-38(40)45-39(49(50,51)52)28-37(29-43(45)56)57-36-16-14-15-34(27-36)54-30-55(42-20-13-12-19-41(42)54)35-24-32(47(4,5)6)23-33(25-35)48(7,8)9;/h10-26,28,30H,1-9H3;/q-3;. The molecule has 3 heterocycles. The molecule has 58 heavy (non-hydrogen) atoms. The van der Waals surface area contributed by atoms with E-state index in [2.05, 4.69) is 109 Å². The van der Waals surface area contributed by atoms with Gasteiger partial charge in [0.1, 0.15) is 5.82 Å². The molecule has 0 saturated carbocycles. The third-order valence-corrected chi connectivity index (χ3v) is 10.6. The minimum atomic E-state index is -4.68. The molecular weight excluding hydrogens is 913 g/mol. The molecule has 0 atom stereocenters. The Bertz CT molecular complexity index is 2630. The molecule has 0 N–H and O–H groups in total. The smallest absolute Gasteiger partial charge is 0.395 e. The van der Waals surface area contributed by atoms with Gasteiger partial charge in [-0.25, -0.2) is 4.98 Å². The molecule has 0 amide bonds. The average Bonchev–Trinajstić information content (AvgIpc) is 3.69. The molecule has 2 aromatic heterocycles. The monoisotopic (exact) mass is 958 g/mol. The van der Waals surface area contributed by atoms with Gasteiger partial charge in [0.15, 0.2) is 0 Å². The molecular formula is C49H46F3N4OPt-3. The molecule has 5 nitrogen and oxygen atoms in total. The van der Waals surface area contributed by atoms with Crippen LogP contribution in [0.3, 0.4) is 0 Å². The molecule has 0 unspecified atom stereocenters. The fourth-order valence-corrected chi connectivity index (χ4v) is 7.39. The summed E-state index contributed by atoms with van der Waals surface area (Å²) >= 11 is 0. The maximum Gasteiger partial charge on any atom is 0.395 e. The molecule has 0 fully saturated rings. The third-order valence-electron chi connectivity index (χ3n) is 10.6. The molecule has 0 spiro atoms. The molecule has 7 aromatic rings. The maximum atomic E-state index is 15.0. The van der Waals surface area contributed by atoms with Crippen molar-refractivity contribution in [2.45, 2.75) is 84.7 Å². The van der Waals surface area contributed by atoms with Crippen molar-refractivity contribution in [1.82, 2.24) is 9.55 Å². The molecule has 0 bridgehead atoms. The summed E-state index contributed by atoms with van der Waals surface area (Å²) in [6.45, 7) is 21.6. The zero-order chi connectivity index (χ0) is 40.7. The predicted octanol–water partition coefficient (Wildman–Crippen LogP) is 13.9. The Balaban J connectivity index is 0.00000512. The van der Waals surface area contributed by atoms with E-state index < -0.39 is 11.7 Å². The number of aromatic nitrogens is 2. The summed E-state index contributed by atoms with van der Waals surface area (Å²) in [4.78, 5) is 8.85. The Kier molecular flexibility index (Phi) is 10.4. The van der Waals surface area contributed by atoms with E-state index in [9.17, 15) is 0 Å². The van der Waals surface area contributed by atoms with Crippen molar-refractivity contribution < 1.29 is 39.0 Å². The summed E-state index contributed by atoms with van der Waals surface area (Å²) in [5.41, 5.74) is 6.77. The van der Waals surface area contributed by atoms with Gasteiger partial charge in [0.2, 0.25) is 0 Å². The van der Waals surface area contributed by atoms with Gasteiger partial charge in [-0.2, -0.15) is 19.2 Å². The van der Waals surface area contributed by atoms with Crippen molar-refractivity contribution in [3.05, 3.63) is 150 Å². The van der Waals surface area contributed by atoms with Crippen LogP contribution in [0.25, 0.3) is 27.6 Å². The van der Waals surface area contributed by atoms with Gasteiger partial charge in [0, 0.05) is 61.3 Å². The van der Waals surface area contributed by atoms with Gasteiger partial charge in [0.05, 0.1) is 0 Å². The van der Waals surface area contributed by atoms with Gasteiger partial charge in [0.25, 0.3) is 0 Å². The van der Waals surface area contributed by atoms with Gasteiger partial charge < -0.3 is 19.1 Å². The Hall–Kier alpha value is -5.07. The number of nitrogens with zero attached hydrogens (tertiary/aromatic N) is 4. The summed E-state index contributed by atoms with van der Waals surface area (Å²) in [6, 6.07) is 38.9. The van der Waals surface area contributed by atoms with E-state index in [1.165, 1.54) is 11.1 Å². The number of anilines is 4. The molecule has 0 saturated heterocycles. The van der Waals surface area contributed by atoms with E-state index in [0.717, 1.165) is 28.7 Å². The Morgan fingerprint density at radius 1 is 0.621 bits per heavy atom. The van der Waals surface area contributed by atoms with Crippen molar-refractivity contribution in [2.75, 3.05) is 9.80 Å². The van der Waals surface area contributed by atoms with Crippen LogP contribution in [0, 0.1) is 18.8 Å². The molecule has 0 aliphatic carbocycles. The van der Waals surface area contributed by atoms with Crippen LogP contribution in [0.5, 0.6) is 11.5 Å². The molecule has 5 aromatic carbocycles. The Morgan fingerprint density at radius 3 is 1.88 bits per heavy atom. The number of fused-ring (bicyclic) bond motifs is 4. The van der Waals surface area contributed by atoms with E-state index in [0.29, 0.717) is 22.4 Å². The van der Waals surface area contributed by atoms with E-state index in [1.54, 1.807) is 29.0 Å². The first-order valence-electron chi connectivity index (χ1n) is 19.2. The van der Waals surface area contributed by atoms with Gasteiger partial charge in [-0.3, -0.25) is 0 Å². The first-order valence-corrected chi connectivity index (χ1v) is 19.2.